The second kappa shape index (κ2) is 6.05. The minimum atomic E-state index is -2.06. The van der Waals surface area contributed by atoms with Crippen LogP contribution in [0.5, 0.6) is 11.5 Å². The lowest BCUT2D eigenvalue weighted by molar-refractivity contribution is -0.155. The molecule has 0 radical (unpaired) electrons. The van der Waals surface area contributed by atoms with Gasteiger partial charge in [-0.15, -0.1) is 0 Å². The SMILES string of the molecule is COc1cc(O)c(CCC(=O)O)cc1[C@H]1OC(=O)[C@@](C)(O)[C@@H]1O. The Labute approximate surface area is 131 Å². The summed E-state index contributed by atoms with van der Waals surface area (Å²) in [5, 5.41) is 38.7. The van der Waals surface area contributed by atoms with Crippen LogP contribution in [0.25, 0.3) is 0 Å². The van der Waals surface area contributed by atoms with Gasteiger partial charge in [0.05, 0.1) is 7.11 Å². The van der Waals surface area contributed by atoms with E-state index in [0.717, 1.165) is 6.92 Å². The Bertz CT molecular complexity index is 637. The van der Waals surface area contributed by atoms with E-state index in [1.165, 1.54) is 19.2 Å². The van der Waals surface area contributed by atoms with Crippen LogP contribution in [0.2, 0.25) is 0 Å². The van der Waals surface area contributed by atoms with Crippen molar-refractivity contribution in [3.05, 3.63) is 23.3 Å². The van der Waals surface area contributed by atoms with Crippen LogP contribution in [0.15, 0.2) is 12.1 Å². The van der Waals surface area contributed by atoms with Crippen molar-refractivity contribution in [2.45, 2.75) is 37.6 Å². The highest BCUT2D eigenvalue weighted by atomic mass is 16.6. The summed E-state index contributed by atoms with van der Waals surface area (Å²) in [6.07, 6.45) is -2.87. The van der Waals surface area contributed by atoms with Gasteiger partial charge >= 0.3 is 11.9 Å². The van der Waals surface area contributed by atoms with E-state index >= 15 is 0 Å². The predicted octanol–water partition coefficient (Wildman–Crippen LogP) is 0.128. The molecule has 8 nitrogen and oxygen atoms in total. The zero-order valence-electron chi connectivity index (χ0n) is 12.6. The van der Waals surface area contributed by atoms with Crippen LogP contribution < -0.4 is 4.74 Å². The van der Waals surface area contributed by atoms with Gasteiger partial charge in [-0.2, -0.15) is 0 Å². The van der Waals surface area contributed by atoms with Crippen LogP contribution in [0.1, 0.15) is 30.6 Å². The summed E-state index contributed by atoms with van der Waals surface area (Å²) >= 11 is 0. The summed E-state index contributed by atoms with van der Waals surface area (Å²) < 4.78 is 10.1. The molecule has 2 rings (SSSR count). The van der Waals surface area contributed by atoms with Crippen LogP contribution in [-0.2, 0) is 20.7 Å². The largest absolute Gasteiger partial charge is 0.508 e. The molecule has 1 aromatic rings. The second-order valence-corrected chi connectivity index (χ2v) is 5.53. The molecule has 0 aliphatic carbocycles. The number of aliphatic hydroxyl groups excluding tert-OH is 1. The summed E-state index contributed by atoms with van der Waals surface area (Å²) in [7, 11) is 1.33. The summed E-state index contributed by atoms with van der Waals surface area (Å²) in [6.45, 7) is 1.14. The Balaban J connectivity index is 2.42. The van der Waals surface area contributed by atoms with Gasteiger partial charge in [0.15, 0.2) is 11.7 Å². The highest BCUT2D eigenvalue weighted by molar-refractivity contribution is 5.82. The molecule has 1 saturated heterocycles. The number of carboxylic acids is 1. The molecular weight excluding hydrogens is 308 g/mol. The molecule has 0 spiro atoms. The number of benzene rings is 1. The monoisotopic (exact) mass is 326 g/mol. The van der Waals surface area contributed by atoms with Gasteiger partial charge in [-0.3, -0.25) is 4.79 Å². The van der Waals surface area contributed by atoms with Gasteiger partial charge in [-0.1, -0.05) is 0 Å². The molecule has 1 fully saturated rings. The minimum absolute atomic E-state index is 0.0469. The summed E-state index contributed by atoms with van der Waals surface area (Å²) in [4.78, 5) is 22.3. The summed E-state index contributed by atoms with van der Waals surface area (Å²) in [6, 6.07) is 2.65. The number of methoxy groups -OCH3 is 1. The van der Waals surface area contributed by atoms with E-state index in [1.807, 2.05) is 0 Å². The number of carbonyl (C=O) groups is 2. The number of aryl methyl sites for hydroxylation is 1. The number of hydrogen-bond donors (Lipinski definition) is 4. The predicted molar refractivity (Wildman–Crippen MR) is 76.1 cm³/mol. The first kappa shape index (κ1) is 17.0. The molecule has 1 aliphatic heterocycles. The van der Waals surface area contributed by atoms with Gasteiger partial charge in [-0.05, 0) is 25.0 Å². The third-order valence-electron chi connectivity index (χ3n) is 3.86. The molecule has 126 valence electrons. The summed E-state index contributed by atoms with van der Waals surface area (Å²) in [5.74, 6) is -2.03. The Morgan fingerprint density at radius 2 is 2.09 bits per heavy atom. The van der Waals surface area contributed by atoms with Crippen LogP contribution in [0.3, 0.4) is 0 Å². The Kier molecular flexibility index (Phi) is 4.49. The lowest BCUT2D eigenvalue weighted by atomic mass is 9.92. The van der Waals surface area contributed by atoms with Gasteiger partial charge in [-0.25, -0.2) is 4.79 Å². The molecular formula is C15H18O8. The number of carboxylic acid groups (broad SMARTS) is 1. The van der Waals surface area contributed by atoms with E-state index < -0.39 is 29.7 Å². The van der Waals surface area contributed by atoms with Gasteiger partial charge in [0, 0.05) is 18.1 Å². The topological polar surface area (TPSA) is 134 Å². The summed E-state index contributed by atoms with van der Waals surface area (Å²) in [5.41, 5.74) is -1.52. The molecule has 0 amide bonds. The first-order valence-electron chi connectivity index (χ1n) is 6.91. The number of esters is 1. The van der Waals surface area contributed by atoms with Crippen LogP contribution in [0, 0.1) is 0 Å². The zero-order chi connectivity index (χ0) is 17.4. The molecule has 0 bridgehead atoms. The first-order chi connectivity index (χ1) is 10.7. The number of aliphatic hydroxyl groups is 2. The lowest BCUT2D eigenvalue weighted by Gasteiger charge is -2.21. The minimum Gasteiger partial charge on any atom is -0.508 e. The number of aromatic hydroxyl groups is 1. The Morgan fingerprint density at radius 1 is 1.43 bits per heavy atom. The highest BCUT2D eigenvalue weighted by Crippen LogP contribution is 2.42. The number of cyclic esters (lactones) is 1. The van der Waals surface area contributed by atoms with E-state index in [-0.39, 0.29) is 29.9 Å². The van der Waals surface area contributed by atoms with Crippen molar-refractivity contribution in [2.24, 2.45) is 0 Å². The molecule has 4 N–H and O–H groups in total. The fourth-order valence-corrected chi connectivity index (χ4v) is 2.42. The third-order valence-corrected chi connectivity index (χ3v) is 3.86. The molecule has 1 heterocycles. The average molecular weight is 326 g/mol. The Morgan fingerprint density at radius 3 is 2.57 bits per heavy atom. The van der Waals surface area contributed by atoms with E-state index in [4.69, 9.17) is 14.6 Å². The molecule has 0 unspecified atom stereocenters. The maximum atomic E-state index is 11.7. The highest BCUT2D eigenvalue weighted by Gasteiger charge is 2.54. The van der Waals surface area contributed by atoms with Crippen LogP contribution in [-0.4, -0.2) is 51.2 Å². The maximum Gasteiger partial charge on any atom is 0.341 e. The molecule has 8 heteroatoms. The van der Waals surface area contributed by atoms with E-state index in [9.17, 15) is 24.9 Å². The van der Waals surface area contributed by atoms with Crippen molar-refractivity contribution in [3.8, 4) is 11.5 Å². The average Bonchev–Trinajstić information content (AvgIpc) is 2.68. The number of phenols is 1. The van der Waals surface area contributed by atoms with E-state index in [2.05, 4.69) is 0 Å². The number of phenolic OH excluding ortho intramolecular Hbond substituents is 1. The van der Waals surface area contributed by atoms with Crippen molar-refractivity contribution in [3.63, 3.8) is 0 Å². The van der Waals surface area contributed by atoms with Crippen LogP contribution in [0.4, 0.5) is 0 Å². The number of rotatable bonds is 5. The third kappa shape index (κ3) is 3.08. The van der Waals surface area contributed by atoms with Crippen molar-refractivity contribution < 1.29 is 39.5 Å². The molecule has 0 saturated carbocycles. The molecule has 23 heavy (non-hydrogen) atoms. The Hall–Kier alpha value is -2.32. The van der Waals surface area contributed by atoms with E-state index in [1.54, 1.807) is 0 Å². The maximum absolute atomic E-state index is 11.7. The van der Waals surface area contributed by atoms with Gasteiger partial charge < -0.3 is 29.9 Å². The number of ether oxygens (including phenoxy) is 2. The quantitative estimate of drug-likeness (QED) is 0.561. The standard InChI is InChI=1S/C15H18O8/c1-15(21)13(19)12(23-14(15)20)8-5-7(3-4-11(17)18)9(16)6-10(8)22-2/h5-6,12-13,16,19,21H,3-4H2,1-2H3,(H,17,18)/t12-,13-,15+/m1/s1. The molecule has 1 aliphatic rings. The lowest BCUT2D eigenvalue weighted by Crippen LogP contribution is -2.41. The smallest absolute Gasteiger partial charge is 0.341 e. The van der Waals surface area contributed by atoms with Crippen molar-refractivity contribution in [1.29, 1.82) is 0 Å². The fraction of sp³-hybridized carbons (Fsp3) is 0.467. The number of hydrogen-bond acceptors (Lipinski definition) is 7. The second-order valence-electron chi connectivity index (χ2n) is 5.53. The van der Waals surface area contributed by atoms with Gasteiger partial charge in [0.25, 0.3) is 0 Å². The van der Waals surface area contributed by atoms with E-state index in [0.29, 0.717) is 5.56 Å². The van der Waals surface area contributed by atoms with Crippen LogP contribution >= 0.6 is 0 Å². The molecule has 1 aromatic carbocycles. The fourth-order valence-electron chi connectivity index (χ4n) is 2.42. The first-order valence-corrected chi connectivity index (χ1v) is 6.91. The van der Waals surface area contributed by atoms with Crippen molar-refractivity contribution in [1.82, 2.24) is 0 Å². The number of aliphatic carboxylic acids is 1. The molecule has 0 aromatic heterocycles. The van der Waals surface area contributed by atoms with Gasteiger partial charge in [0.1, 0.15) is 17.6 Å². The van der Waals surface area contributed by atoms with Crippen molar-refractivity contribution in [2.75, 3.05) is 7.11 Å². The van der Waals surface area contributed by atoms with Crippen molar-refractivity contribution >= 4 is 11.9 Å². The zero-order valence-corrected chi connectivity index (χ0v) is 12.6. The molecule has 3 atom stereocenters. The normalized spacial score (nSPS) is 26.9. The van der Waals surface area contributed by atoms with Gasteiger partial charge in [0.2, 0.25) is 0 Å². The number of carbonyl (C=O) groups excluding carboxylic acids is 1.